The molecular weight excluding hydrogens is 252 g/mol. The minimum Gasteiger partial charge on any atom is -0.379 e. The molecule has 15 heavy (non-hydrogen) atoms. The van der Waals surface area contributed by atoms with Gasteiger partial charge in [-0.1, -0.05) is 34.8 Å². The minimum atomic E-state index is 0.265. The summed E-state index contributed by atoms with van der Waals surface area (Å²) in [6.07, 6.45) is 0.986. The van der Waals surface area contributed by atoms with E-state index in [1.165, 1.54) is 23.3 Å². The van der Waals surface area contributed by atoms with Crippen molar-refractivity contribution in [3.8, 4) is 0 Å². The van der Waals surface area contributed by atoms with Crippen LogP contribution in [-0.4, -0.2) is 20.8 Å². The fourth-order valence-corrected chi connectivity index (χ4v) is 2.31. The van der Waals surface area contributed by atoms with E-state index in [0.29, 0.717) is 15.3 Å². The quantitative estimate of drug-likeness (QED) is 0.671. The molecule has 0 amide bonds. The first-order valence-corrected chi connectivity index (χ1v) is 6.70. The molecule has 1 atom stereocenters. The zero-order chi connectivity index (χ0) is 11.3. The maximum absolute atomic E-state index is 5.86. The van der Waals surface area contributed by atoms with E-state index in [1.54, 1.807) is 0 Å². The van der Waals surface area contributed by atoms with Crippen molar-refractivity contribution < 1.29 is 0 Å². The molecule has 0 spiro atoms. The lowest BCUT2D eigenvalue weighted by molar-refractivity contribution is 0.718. The van der Waals surface area contributed by atoms with Crippen LogP contribution in [0.5, 0.6) is 0 Å². The van der Waals surface area contributed by atoms with Crippen molar-refractivity contribution in [2.45, 2.75) is 32.1 Å². The largest absolute Gasteiger partial charge is 0.379 e. The number of thioether (sulfide) groups is 1. The van der Waals surface area contributed by atoms with Gasteiger partial charge in [-0.3, -0.25) is 4.99 Å². The van der Waals surface area contributed by atoms with Crippen LogP contribution < -0.4 is 5.73 Å². The van der Waals surface area contributed by atoms with Crippen molar-refractivity contribution in [1.82, 2.24) is 9.59 Å². The second-order valence-electron chi connectivity index (χ2n) is 3.01. The van der Waals surface area contributed by atoms with Gasteiger partial charge in [-0.15, -0.1) is 5.10 Å². The molecule has 0 saturated carbocycles. The van der Waals surface area contributed by atoms with Crippen molar-refractivity contribution in [1.29, 1.82) is 0 Å². The van der Waals surface area contributed by atoms with E-state index in [9.17, 15) is 0 Å². The number of aromatic nitrogens is 2. The SMILES string of the molecule is CC[C@@H](C)N=C(N)SCc1nnsc1Cl. The lowest BCUT2D eigenvalue weighted by atomic mass is 10.3. The number of amidine groups is 1. The molecule has 0 bridgehead atoms. The van der Waals surface area contributed by atoms with Crippen LogP contribution in [-0.2, 0) is 5.75 Å². The molecule has 7 heteroatoms. The van der Waals surface area contributed by atoms with Crippen LogP contribution in [0.25, 0.3) is 0 Å². The topological polar surface area (TPSA) is 64.2 Å². The fraction of sp³-hybridized carbons (Fsp3) is 0.625. The summed E-state index contributed by atoms with van der Waals surface area (Å²) in [5, 5.41) is 4.47. The molecule has 0 unspecified atom stereocenters. The van der Waals surface area contributed by atoms with Gasteiger partial charge in [0, 0.05) is 23.3 Å². The highest BCUT2D eigenvalue weighted by Gasteiger charge is 2.06. The minimum absolute atomic E-state index is 0.265. The summed E-state index contributed by atoms with van der Waals surface area (Å²) in [7, 11) is 0. The van der Waals surface area contributed by atoms with Gasteiger partial charge in [-0.25, -0.2) is 0 Å². The Kier molecular flexibility index (Phi) is 5.35. The van der Waals surface area contributed by atoms with Crippen molar-refractivity contribution in [2.24, 2.45) is 10.7 Å². The van der Waals surface area contributed by atoms with Crippen LogP contribution in [0.3, 0.4) is 0 Å². The highest BCUT2D eigenvalue weighted by Crippen LogP contribution is 2.22. The number of hydrogen-bond acceptors (Lipinski definition) is 5. The first-order valence-electron chi connectivity index (χ1n) is 4.56. The van der Waals surface area contributed by atoms with Gasteiger partial charge < -0.3 is 5.73 Å². The van der Waals surface area contributed by atoms with Gasteiger partial charge >= 0.3 is 0 Å². The van der Waals surface area contributed by atoms with E-state index in [1.807, 2.05) is 6.92 Å². The standard InChI is InChI=1S/C8H13ClN4S2/c1-3-5(2)11-8(10)14-4-6-7(9)15-13-12-6/h5H,3-4H2,1-2H3,(H2,10,11)/t5-/m1/s1. The Morgan fingerprint density at radius 1 is 1.73 bits per heavy atom. The number of aliphatic imine (C=N–C) groups is 1. The molecule has 84 valence electrons. The molecule has 0 aromatic carbocycles. The summed E-state index contributed by atoms with van der Waals surface area (Å²) < 4.78 is 4.37. The van der Waals surface area contributed by atoms with Gasteiger partial charge in [0.25, 0.3) is 0 Å². The molecule has 1 aromatic rings. The third-order valence-corrected chi connectivity index (χ3v) is 3.61. The zero-order valence-corrected chi connectivity index (χ0v) is 11.0. The Balaban J connectivity index is 2.44. The average molecular weight is 265 g/mol. The number of hydrogen-bond donors (Lipinski definition) is 1. The number of nitrogens with zero attached hydrogens (tertiary/aromatic N) is 3. The second kappa shape index (κ2) is 6.30. The van der Waals surface area contributed by atoms with Gasteiger partial charge in [-0.2, -0.15) is 0 Å². The molecule has 0 radical (unpaired) electrons. The Labute approximate surface area is 102 Å². The molecule has 1 aromatic heterocycles. The Hall–Kier alpha value is -0.330. The number of nitrogens with two attached hydrogens (primary N) is 1. The second-order valence-corrected chi connectivity index (χ2v) is 5.36. The lowest BCUT2D eigenvalue weighted by Gasteiger charge is -2.03. The van der Waals surface area contributed by atoms with E-state index in [-0.39, 0.29) is 6.04 Å². The molecule has 0 aliphatic heterocycles. The van der Waals surface area contributed by atoms with Gasteiger partial charge in [0.15, 0.2) is 5.17 Å². The molecule has 0 aliphatic carbocycles. The molecule has 4 nitrogen and oxygen atoms in total. The van der Waals surface area contributed by atoms with Crippen molar-refractivity contribution in [2.75, 3.05) is 0 Å². The monoisotopic (exact) mass is 264 g/mol. The first-order chi connectivity index (χ1) is 7.13. The Morgan fingerprint density at radius 3 is 3.00 bits per heavy atom. The van der Waals surface area contributed by atoms with E-state index in [4.69, 9.17) is 17.3 Å². The first kappa shape index (κ1) is 12.7. The third kappa shape index (κ3) is 4.36. The van der Waals surface area contributed by atoms with Gasteiger partial charge in [-0.05, 0) is 13.3 Å². The lowest BCUT2D eigenvalue weighted by Crippen LogP contribution is -2.11. The summed E-state index contributed by atoms with van der Waals surface area (Å²) in [6.45, 7) is 4.11. The third-order valence-electron chi connectivity index (χ3n) is 1.80. The molecule has 0 fully saturated rings. The van der Waals surface area contributed by atoms with E-state index in [2.05, 4.69) is 21.5 Å². The van der Waals surface area contributed by atoms with Crippen molar-refractivity contribution in [3.63, 3.8) is 0 Å². The number of halogens is 1. The zero-order valence-electron chi connectivity index (χ0n) is 8.61. The van der Waals surface area contributed by atoms with Crippen LogP contribution in [0.1, 0.15) is 26.0 Å². The van der Waals surface area contributed by atoms with Crippen LogP contribution in [0.2, 0.25) is 4.34 Å². The summed E-state index contributed by atoms with van der Waals surface area (Å²) >= 11 is 8.48. The van der Waals surface area contributed by atoms with E-state index in [0.717, 1.165) is 12.1 Å². The van der Waals surface area contributed by atoms with Crippen molar-refractivity contribution >= 4 is 40.1 Å². The summed E-state index contributed by atoms with van der Waals surface area (Å²) in [4.78, 5) is 4.29. The van der Waals surface area contributed by atoms with Gasteiger partial charge in [0.2, 0.25) is 0 Å². The molecule has 2 N–H and O–H groups in total. The predicted octanol–water partition coefficient (Wildman–Crippen LogP) is 2.54. The summed E-state index contributed by atoms with van der Waals surface area (Å²) in [5.74, 6) is 0.626. The maximum atomic E-state index is 5.86. The van der Waals surface area contributed by atoms with Gasteiger partial charge in [0.05, 0.1) is 0 Å². The van der Waals surface area contributed by atoms with Crippen molar-refractivity contribution in [3.05, 3.63) is 10.0 Å². The Bertz CT molecular complexity index is 339. The van der Waals surface area contributed by atoms with Crippen LogP contribution in [0, 0.1) is 0 Å². The summed E-state index contributed by atoms with van der Waals surface area (Å²) in [5.41, 5.74) is 6.51. The average Bonchev–Trinajstić information content (AvgIpc) is 2.61. The summed E-state index contributed by atoms with van der Waals surface area (Å²) in [6, 6.07) is 0.265. The smallest absolute Gasteiger partial charge is 0.154 e. The Morgan fingerprint density at radius 2 is 2.47 bits per heavy atom. The van der Waals surface area contributed by atoms with Gasteiger partial charge in [0.1, 0.15) is 10.0 Å². The van der Waals surface area contributed by atoms with Crippen LogP contribution in [0.15, 0.2) is 4.99 Å². The predicted molar refractivity (Wildman–Crippen MR) is 67.6 cm³/mol. The van der Waals surface area contributed by atoms with Crippen LogP contribution in [0.4, 0.5) is 0 Å². The molecule has 1 rings (SSSR count). The normalized spacial score (nSPS) is 14.2. The van der Waals surface area contributed by atoms with E-state index < -0.39 is 0 Å². The highest BCUT2D eigenvalue weighted by molar-refractivity contribution is 8.13. The molecule has 0 saturated heterocycles. The van der Waals surface area contributed by atoms with E-state index >= 15 is 0 Å². The maximum Gasteiger partial charge on any atom is 0.154 e. The molecule has 0 aliphatic rings. The molecule has 1 heterocycles. The fourth-order valence-electron chi connectivity index (χ4n) is 0.771. The number of rotatable bonds is 4. The van der Waals surface area contributed by atoms with Crippen LogP contribution >= 0.6 is 34.9 Å². The highest BCUT2D eigenvalue weighted by atomic mass is 35.5. The molecular formula is C8H13ClN4S2.